The predicted octanol–water partition coefficient (Wildman–Crippen LogP) is 2.56. The summed E-state index contributed by atoms with van der Waals surface area (Å²) in [6.07, 6.45) is 2.41. The molecule has 0 spiro atoms. The number of aromatic nitrogens is 1. The first-order valence-electron chi connectivity index (χ1n) is 5.22. The first kappa shape index (κ1) is 10.6. The van der Waals surface area contributed by atoms with Crippen LogP contribution in [0.3, 0.4) is 0 Å². The van der Waals surface area contributed by atoms with E-state index in [1.165, 1.54) is 5.56 Å². The van der Waals surface area contributed by atoms with Gasteiger partial charge in [0.2, 0.25) is 0 Å². The number of aryl methyl sites for hydroxylation is 2. The van der Waals surface area contributed by atoms with Crippen molar-refractivity contribution in [3.63, 3.8) is 0 Å². The van der Waals surface area contributed by atoms with Gasteiger partial charge in [-0.25, -0.2) is 0 Å². The predicted molar refractivity (Wildman–Crippen MR) is 62.4 cm³/mol. The van der Waals surface area contributed by atoms with E-state index in [9.17, 15) is 4.79 Å². The van der Waals surface area contributed by atoms with Gasteiger partial charge in [0.05, 0.1) is 6.42 Å². The van der Waals surface area contributed by atoms with Gasteiger partial charge in [-0.15, -0.1) is 0 Å². The molecule has 0 fully saturated rings. The van der Waals surface area contributed by atoms with Gasteiger partial charge >= 0.3 is 5.97 Å². The molecule has 1 aromatic heterocycles. The van der Waals surface area contributed by atoms with Crippen molar-refractivity contribution < 1.29 is 9.90 Å². The number of carboxylic acid groups (broad SMARTS) is 1. The van der Waals surface area contributed by atoms with Crippen LogP contribution in [0.15, 0.2) is 30.5 Å². The highest BCUT2D eigenvalue weighted by Gasteiger charge is 2.02. The number of hydrogen-bond donors (Lipinski definition) is 1. The minimum absolute atomic E-state index is 0.129. The summed E-state index contributed by atoms with van der Waals surface area (Å²) < 4.78 is 0. The van der Waals surface area contributed by atoms with Gasteiger partial charge in [-0.05, 0) is 18.4 Å². The Kier molecular flexibility index (Phi) is 2.86. The van der Waals surface area contributed by atoms with E-state index in [4.69, 9.17) is 5.11 Å². The third-order valence-corrected chi connectivity index (χ3v) is 2.53. The van der Waals surface area contributed by atoms with Crippen LogP contribution in [0.2, 0.25) is 0 Å². The molecular formula is C13H13NO2. The second-order valence-corrected chi connectivity index (χ2v) is 3.92. The van der Waals surface area contributed by atoms with Crippen LogP contribution in [-0.4, -0.2) is 16.1 Å². The number of hydrogen-bond acceptors (Lipinski definition) is 2. The fourth-order valence-electron chi connectivity index (χ4n) is 1.68. The highest BCUT2D eigenvalue weighted by atomic mass is 16.4. The molecule has 2 aromatic rings. The monoisotopic (exact) mass is 215 g/mol. The van der Waals surface area contributed by atoms with Crippen molar-refractivity contribution in [1.29, 1.82) is 0 Å². The fraction of sp³-hybridized carbons (Fsp3) is 0.231. The summed E-state index contributed by atoms with van der Waals surface area (Å²) in [4.78, 5) is 14.7. The topological polar surface area (TPSA) is 50.2 Å². The molecule has 0 amide bonds. The molecular weight excluding hydrogens is 202 g/mol. The molecule has 0 aliphatic rings. The minimum Gasteiger partial charge on any atom is -0.481 e. The second kappa shape index (κ2) is 4.31. The first-order chi connectivity index (χ1) is 7.65. The van der Waals surface area contributed by atoms with Crippen molar-refractivity contribution in [2.45, 2.75) is 19.8 Å². The zero-order valence-electron chi connectivity index (χ0n) is 9.10. The van der Waals surface area contributed by atoms with Crippen molar-refractivity contribution in [3.8, 4) is 0 Å². The van der Waals surface area contributed by atoms with Crippen LogP contribution < -0.4 is 0 Å². The Balaban J connectivity index is 2.31. The first-order valence-corrected chi connectivity index (χ1v) is 5.22. The Morgan fingerprint density at radius 2 is 2.12 bits per heavy atom. The van der Waals surface area contributed by atoms with Gasteiger partial charge in [-0.1, -0.05) is 23.8 Å². The molecule has 0 radical (unpaired) electrons. The Morgan fingerprint density at radius 1 is 1.31 bits per heavy atom. The quantitative estimate of drug-likeness (QED) is 0.856. The molecule has 0 saturated heterocycles. The molecule has 16 heavy (non-hydrogen) atoms. The summed E-state index contributed by atoms with van der Waals surface area (Å²) in [5.74, 6) is -0.786. The lowest BCUT2D eigenvalue weighted by molar-refractivity contribution is -0.136. The lowest BCUT2D eigenvalue weighted by Gasteiger charge is -2.02. The maximum atomic E-state index is 10.5. The van der Waals surface area contributed by atoms with E-state index in [1.807, 2.05) is 25.1 Å². The second-order valence-electron chi connectivity index (χ2n) is 3.92. The van der Waals surface area contributed by atoms with Crippen LogP contribution >= 0.6 is 0 Å². The zero-order chi connectivity index (χ0) is 11.5. The van der Waals surface area contributed by atoms with E-state index in [0.29, 0.717) is 6.42 Å². The summed E-state index contributed by atoms with van der Waals surface area (Å²) in [5, 5.41) is 10.8. The zero-order valence-corrected chi connectivity index (χ0v) is 9.10. The van der Waals surface area contributed by atoms with Crippen LogP contribution in [0.25, 0.3) is 10.8 Å². The van der Waals surface area contributed by atoms with Gasteiger partial charge in [-0.2, -0.15) is 0 Å². The Labute approximate surface area is 93.7 Å². The molecule has 3 nitrogen and oxygen atoms in total. The molecule has 0 aliphatic heterocycles. The highest BCUT2D eigenvalue weighted by molar-refractivity contribution is 5.82. The van der Waals surface area contributed by atoms with Crippen LogP contribution in [-0.2, 0) is 11.2 Å². The van der Waals surface area contributed by atoms with E-state index in [1.54, 1.807) is 6.20 Å². The smallest absolute Gasteiger partial charge is 0.303 e. The van der Waals surface area contributed by atoms with E-state index >= 15 is 0 Å². The van der Waals surface area contributed by atoms with E-state index in [-0.39, 0.29) is 6.42 Å². The normalized spacial score (nSPS) is 10.6. The molecule has 1 heterocycles. The number of benzene rings is 1. The molecule has 3 heteroatoms. The minimum atomic E-state index is -0.786. The number of rotatable bonds is 3. The molecule has 1 aromatic carbocycles. The van der Waals surface area contributed by atoms with E-state index in [0.717, 1.165) is 16.5 Å². The third-order valence-electron chi connectivity index (χ3n) is 2.53. The highest BCUT2D eigenvalue weighted by Crippen LogP contribution is 2.16. The number of carbonyl (C=O) groups is 1. The van der Waals surface area contributed by atoms with E-state index < -0.39 is 5.97 Å². The van der Waals surface area contributed by atoms with Gasteiger partial charge in [0.15, 0.2) is 0 Å². The fourth-order valence-corrected chi connectivity index (χ4v) is 1.68. The lowest BCUT2D eigenvalue weighted by Crippen LogP contribution is -1.99. The molecule has 1 N–H and O–H groups in total. The van der Waals surface area contributed by atoms with Gasteiger partial charge in [-0.3, -0.25) is 9.78 Å². The van der Waals surface area contributed by atoms with Crippen molar-refractivity contribution in [2.75, 3.05) is 0 Å². The van der Waals surface area contributed by atoms with Crippen molar-refractivity contribution in [3.05, 3.63) is 41.7 Å². The van der Waals surface area contributed by atoms with E-state index in [2.05, 4.69) is 11.1 Å². The molecule has 82 valence electrons. The van der Waals surface area contributed by atoms with Gasteiger partial charge < -0.3 is 5.11 Å². The average Bonchev–Trinajstić information content (AvgIpc) is 2.25. The number of nitrogens with zero attached hydrogens (tertiary/aromatic N) is 1. The maximum Gasteiger partial charge on any atom is 0.303 e. The largest absolute Gasteiger partial charge is 0.481 e. The SMILES string of the molecule is Cc1ccc2cnc(CCC(=O)O)cc2c1. The number of aliphatic carboxylic acids is 1. The number of pyridine rings is 1. The van der Waals surface area contributed by atoms with Crippen LogP contribution in [0.4, 0.5) is 0 Å². The van der Waals surface area contributed by atoms with Gasteiger partial charge in [0, 0.05) is 23.7 Å². The molecule has 0 bridgehead atoms. The van der Waals surface area contributed by atoms with Crippen LogP contribution in [0, 0.1) is 6.92 Å². The average molecular weight is 215 g/mol. The third kappa shape index (κ3) is 2.37. The summed E-state index contributed by atoms with van der Waals surface area (Å²) in [7, 11) is 0. The Bertz CT molecular complexity index is 534. The van der Waals surface area contributed by atoms with Crippen LogP contribution in [0.5, 0.6) is 0 Å². The van der Waals surface area contributed by atoms with Gasteiger partial charge in [0.25, 0.3) is 0 Å². The van der Waals surface area contributed by atoms with Crippen molar-refractivity contribution in [1.82, 2.24) is 4.98 Å². The number of fused-ring (bicyclic) bond motifs is 1. The standard InChI is InChI=1S/C13H13NO2/c1-9-2-3-10-8-14-12(4-5-13(15)16)7-11(10)6-9/h2-3,6-8H,4-5H2,1H3,(H,15,16). The molecule has 2 rings (SSSR count). The van der Waals surface area contributed by atoms with Crippen molar-refractivity contribution in [2.24, 2.45) is 0 Å². The summed E-state index contributed by atoms with van der Waals surface area (Å²) in [6, 6.07) is 8.12. The van der Waals surface area contributed by atoms with Gasteiger partial charge in [0.1, 0.15) is 0 Å². The maximum absolute atomic E-state index is 10.5. The summed E-state index contributed by atoms with van der Waals surface area (Å²) in [5.41, 5.74) is 2.03. The Morgan fingerprint density at radius 3 is 2.88 bits per heavy atom. The molecule has 0 aliphatic carbocycles. The summed E-state index contributed by atoms with van der Waals surface area (Å²) >= 11 is 0. The lowest BCUT2D eigenvalue weighted by atomic mass is 10.1. The van der Waals surface area contributed by atoms with Crippen molar-refractivity contribution >= 4 is 16.7 Å². The van der Waals surface area contributed by atoms with Crippen LogP contribution in [0.1, 0.15) is 17.7 Å². The Hall–Kier alpha value is -1.90. The molecule has 0 saturated carbocycles. The number of carboxylic acids is 1. The summed E-state index contributed by atoms with van der Waals surface area (Å²) in [6.45, 7) is 2.04. The molecule has 0 unspecified atom stereocenters. The molecule has 0 atom stereocenters.